The molecule has 0 saturated carbocycles. The molecular weight excluding hydrogens is 318 g/mol. The fraction of sp³-hybridized carbons (Fsp3) is 0.684. The number of hydrogen-bond donors (Lipinski definition) is 1. The van der Waals surface area contributed by atoms with E-state index in [-0.39, 0.29) is 23.8 Å². The lowest BCUT2D eigenvalue weighted by molar-refractivity contribution is -0.143. The Labute approximate surface area is 149 Å². The van der Waals surface area contributed by atoms with Crippen LogP contribution in [-0.4, -0.2) is 64.1 Å². The van der Waals surface area contributed by atoms with Gasteiger partial charge in [-0.15, -0.1) is 0 Å². The zero-order chi connectivity index (χ0) is 17.9. The van der Waals surface area contributed by atoms with Crippen LogP contribution in [0.4, 0.5) is 0 Å². The van der Waals surface area contributed by atoms with Gasteiger partial charge in [0.25, 0.3) is 0 Å². The molecule has 6 heteroatoms. The highest BCUT2D eigenvalue weighted by molar-refractivity contribution is 5.78. The van der Waals surface area contributed by atoms with E-state index in [1.165, 1.54) is 5.69 Å². The average Bonchev–Trinajstić information content (AvgIpc) is 3.02. The van der Waals surface area contributed by atoms with E-state index in [9.17, 15) is 14.7 Å². The topological polar surface area (TPSA) is 65.8 Å². The number of aryl methyl sites for hydroxylation is 2. The normalized spacial score (nSPS) is 24.2. The van der Waals surface area contributed by atoms with Crippen molar-refractivity contribution in [1.29, 1.82) is 0 Å². The van der Waals surface area contributed by atoms with Crippen molar-refractivity contribution in [2.45, 2.75) is 38.5 Å². The zero-order valence-corrected chi connectivity index (χ0v) is 15.1. The van der Waals surface area contributed by atoms with Crippen LogP contribution in [-0.2, 0) is 23.1 Å². The van der Waals surface area contributed by atoms with Crippen LogP contribution in [0.25, 0.3) is 0 Å². The van der Waals surface area contributed by atoms with Crippen molar-refractivity contribution < 1.29 is 14.7 Å². The molecule has 2 amide bonds. The maximum Gasteiger partial charge on any atom is 0.222 e. The van der Waals surface area contributed by atoms with Gasteiger partial charge in [0.1, 0.15) is 0 Å². The van der Waals surface area contributed by atoms with Crippen LogP contribution in [0, 0.1) is 5.41 Å². The number of piperidine rings is 2. The van der Waals surface area contributed by atoms with E-state index >= 15 is 0 Å². The highest BCUT2D eigenvalue weighted by Crippen LogP contribution is 2.39. The molecule has 3 rings (SSSR count). The maximum atomic E-state index is 12.7. The van der Waals surface area contributed by atoms with Crippen LogP contribution in [0.3, 0.4) is 0 Å². The van der Waals surface area contributed by atoms with Gasteiger partial charge in [0.2, 0.25) is 11.8 Å². The van der Waals surface area contributed by atoms with Crippen LogP contribution in [0.1, 0.15) is 37.8 Å². The highest BCUT2D eigenvalue weighted by Gasteiger charge is 2.42. The summed E-state index contributed by atoms with van der Waals surface area (Å²) in [6.45, 7) is 2.65. The number of hydrogen-bond acceptors (Lipinski definition) is 3. The van der Waals surface area contributed by atoms with Gasteiger partial charge in [-0.05, 0) is 37.8 Å². The first kappa shape index (κ1) is 18.0. The molecule has 1 spiro atoms. The molecule has 0 aromatic carbocycles. The third-order valence-electron chi connectivity index (χ3n) is 5.78. The van der Waals surface area contributed by atoms with E-state index in [0.717, 1.165) is 38.8 Å². The summed E-state index contributed by atoms with van der Waals surface area (Å²) in [5.41, 5.74) is 1.19. The third kappa shape index (κ3) is 4.06. The van der Waals surface area contributed by atoms with Gasteiger partial charge in [-0.1, -0.05) is 0 Å². The Bertz CT molecular complexity index is 627. The SMILES string of the molecule is Cn1cccc1CCC(=O)N1CCC[C@@]2(CCC(=O)N(CCO)C2)C1. The predicted octanol–water partition coefficient (Wildman–Crippen LogP) is 1.18. The molecule has 0 aliphatic carbocycles. The second-order valence-corrected chi connectivity index (χ2v) is 7.57. The van der Waals surface area contributed by atoms with Crippen molar-refractivity contribution in [2.75, 3.05) is 32.8 Å². The molecule has 0 unspecified atom stereocenters. The summed E-state index contributed by atoms with van der Waals surface area (Å²) >= 11 is 0. The zero-order valence-electron chi connectivity index (χ0n) is 15.1. The van der Waals surface area contributed by atoms with Gasteiger partial charge in [0.15, 0.2) is 0 Å². The van der Waals surface area contributed by atoms with E-state index in [1.807, 2.05) is 24.2 Å². The monoisotopic (exact) mass is 347 g/mol. The Hall–Kier alpha value is -1.82. The summed E-state index contributed by atoms with van der Waals surface area (Å²) in [4.78, 5) is 28.5. The molecule has 2 saturated heterocycles. The van der Waals surface area contributed by atoms with Crippen molar-refractivity contribution in [3.8, 4) is 0 Å². The van der Waals surface area contributed by atoms with E-state index < -0.39 is 0 Å². The van der Waals surface area contributed by atoms with Crippen molar-refractivity contribution in [3.63, 3.8) is 0 Å². The number of nitrogens with zero attached hydrogens (tertiary/aromatic N) is 3. The molecule has 0 bridgehead atoms. The number of aliphatic hydroxyl groups excluding tert-OH is 1. The van der Waals surface area contributed by atoms with Crippen molar-refractivity contribution in [2.24, 2.45) is 12.5 Å². The number of rotatable bonds is 5. The summed E-state index contributed by atoms with van der Waals surface area (Å²) in [6, 6.07) is 4.06. The molecule has 6 nitrogen and oxygen atoms in total. The second-order valence-electron chi connectivity index (χ2n) is 7.57. The quantitative estimate of drug-likeness (QED) is 0.870. The minimum Gasteiger partial charge on any atom is -0.395 e. The van der Waals surface area contributed by atoms with Crippen LogP contribution in [0.5, 0.6) is 0 Å². The molecule has 3 heterocycles. The molecule has 2 fully saturated rings. The van der Waals surface area contributed by atoms with Crippen LogP contribution in [0.15, 0.2) is 18.3 Å². The average molecular weight is 347 g/mol. The summed E-state index contributed by atoms with van der Waals surface area (Å²) in [7, 11) is 2.00. The van der Waals surface area contributed by atoms with Crippen LogP contribution >= 0.6 is 0 Å². The number of β-amino-alcohol motifs (C(OH)–C–C–N with tert-alkyl or cyclic N) is 1. The molecule has 0 radical (unpaired) electrons. The minimum absolute atomic E-state index is 0.00112. The molecule has 1 aromatic heterocycles. The summed E-state index contributed by atoms with van der Waals surface area (Å²) in [5.74, 6) is 0.345. The Morgan fingerprint density at radius 1 is 1.32 bits per heavy atom. The molecular formula is C19H29N3O3. The van der Waals surface area contributed by atoms with Gasteiger partial charge in [0, 0.05) is 63.4 Å². The molecule has 25 heavy (non-hydrogen) atoms. The summed E-state index contributed by atoms with van der Waals surface area (Å²) in [6.07, 6.45) is 6.75. The minimum atomic E-state index is 0.00112. The first-order valence-electron chi connectivity index (χ1n) is 9.30. The largest absolute Gasteiger partial charge is 0.395 e. The molecule has 1 atom stereocenters. The smallest absolute Gasteiger partial charge is 0.222 e. The van der Waals surface area contributed by atoms with Gasteiger partial charge < -0.3 is 19.5 Å². The van der Waals surface area contributed by atoms with E-state index in [1.54, 1.807) is 4.90 Å². The van der Waals surface area contributed by atoms with Crippen LogP contribution < -0.4 is 0 Å². The molecule has 1 N–H and O–H groups in total. The van der Waals surface area contributed by atoms with E-state index in [0.29, 0.717) is 25.9 Å². The Morgan fingerprint density at radius 2 is 2.16 bits per heavy atom. The van der Waals surface area contributed by atoms with Gasteiger partial charge in [-0.25, -0.2) is 0 Å². The Balaban J connectivity index is 1.59. The number of aliphatic hydroxyl groups is 1. The van der Waals surface area contributed by atoms with E-state index in [2.05, 4.69) is 10.6 Å². The fourth-order valence-corrected chi connectivity index (χ4v) is 4.33. The lowest BCUT2D eigenvalue weighted by Crippen LogP contribution is -2.55. The molecule has 2 aliphatic heterocycles. The first-order valence-corrected chi connectivity index (χ1v) is 9.30. The highest BCUT2D eigenvalue weighted by atomic mass is 16.3. The van der Waals surface area contributed by atoms with Gasteiger partial charge in [-0.2, -0.15) is 0 Å². The molecule has 2 aliphatic rings. The first-order chi connectivity index (χ1) is 12.0. The summed E-state index contributed by atoms with van der Waals surface area (Å²) < 4.78 is 2.06. The maximum absolute atomic E-state index is 12.7. The number of aromatic nitrogens is 1. The van der Waals surface area contributed by atoms with Crippen molar-refractivity contribution >= 4 is 11.8 Å². The fourth-order valence-electron chi connectivity index (χ4n) is 4.33. The van der Waals surface area contributed by atoms with Gasteiger partial charge in [-0.3, -0.25) is 9.59 Å². The van der Waals surface area contributed by atoms with Gasteiger partial charge >= 0.3 is 0 Å². The number of likely N-dealkylation sites (tertiary alicyclic amines) is 2. The van der Waals surface area contributed by atoms with E-state index in [4.69, 9.17) is 0 Å². The molecule has 138 valence electrons. The Morgan fingerprint density at radius 3 is 2.88 bits per heavy atom. The predicted molar refractivity (Wildman–Crippen MR) is 94.9 cm³/mol. The Kier molecular flexibility index (Phi) is 5.47. The summed E-state index contributed by atoms with van der Waals surface area (Å²) in [5, 5.41) is 9.19. The van der Waals surface area contributed by atoms with Gasteiger partial charge in [0.05, 0.1) is 6.61 Å². The van der Waals surface area contributed by atoms with Crippen molar-refractivity contribution in [1.82, 2.24) is 14.4 Å². The molecule has 1 aromatic rings. The lowest BCUT2D eigenvalue weighted by Gasteiger charge is -2.48. The second kappa shape index (κ2) is 7.60. The number of carbonyl (C=O) groups excluding carboxylic acids is 2. The third-order valence-corrected chi connectivity index (χ3v) is 5.78. The number of carbonyl (C=O) groups is 2. The van der Waals surface area contributed by atoms with Crippen molar-refractivity contribution in [3.05, 3.63) is 24.0 Å². The standard InChI is InChI=1S/C19H29N3O3/c1-20-10-2-4-16(20)5-6-17(24)21-11-3-8-19(14-21)9-7-18(25)22(15-19)12-13-23/h2,4,10,23H,3,5-9,11-15H2,1H3/t19-/m1/s1. The van der Waals surface area contributed by atoms with Crippen LogP contribution in [0.2, 0.25) is 0 Å². The lowest BCUT2D eigenvalue weighted by atomic mass is 9.73. The number of amides is 2.